The largest absolute Gasteiger partial charge is 0.480 e. The molecule has 21 heavy (non-hydrogen) atoms. The summed E-state index contributed by atoms with van der Waals surface area (Å²) in [6.07, 6.45) is 4.01. The number of amides is 1. The van der Waals surface area contributed by atoms with Crippen LogP contribution in [0.15, 0.2) is 30.3 Å². The van der Waals surface area contributed by atoms with Gasteiger partial charge in [-0.2, -0.15) is 0 Å². The van der Waals surface area contributed by atoms with Crippen LogP contribution in [0.3, 0.4) is 0 Å². The number of nitrogens with zero attached hydrogens (tertiary/aromatic N) is 1. The monoisotopic (exact) mass is 289 g/mol. The van der Waals surface area contributed by atoms with Crippen molar-refractivity contribution in [2.75, 3.05) is 6.54 Å². The van der Waals surface area contributed by atoms with Gasteiger partial charge in [-0.05, 0) is 24.8 Å². The van der Waals surface area contributed by atoms with Crippen molar-refractivity contribution in [3.05, 3.63) is 35.9 Å². The molecule has 1 amide bonds. The van der Waals surface area contributed by atoms with E-state index in [0.717, 1.165) is 24.8 Å². The number of benzene rings is 1. The minimum absolute atomic E-state index is 0.0435. The molecule has 1 saturated heterocycles. The lowest BCUT2D eigenvalue weighted by atomic mass is 9.94. The maximum atomic E-state index is 12.9. The highest BCUT2D eigenvalue weighted by Crippen LogP contribution is 2.26. The minimum atomic E-state index is -0.881. The predicted octanol–water partition coefficient (Wildman–Crippen LogP) is 3.04. The van der Waals surface area contributed by atoms with Crippen LogP contribution in [-0.4, -0.2) is 34.5 Å². The van der Waals surface area contributed by atoms with E-state index >= 15 is 0 Å². The number of carboxylic acid groups (broad SMARTS) is 1. The molecule has 1 aliphatic rings. The molecular weight excluding hydrogens is 266 g/mol. The summed E-state index contributed by atoms with van der Waals surface area (Å²) in [5.41, 5.74) is 0.971. The first-order valence-corrected chi connectivity index (χ1v) is 7.73. The summed E-state index contributed by atoms with van der Waals surface area (Å²) in [7, 11) is 0. The normalized spacial score (nSPS) is 20.6. The first-order valence-electron chi connectivity index (χ1n) is 7.73. The van der Waals surface area contributed by atoms with E-state index in [1.165, 1.54) is 0 Å². The Morgan fingerprint density at radius 2 is 1.95 bits per heavy atom. The van der Waals surface area contributed by atoms with Crippen molar-refractivity contribution in [3.63, 3.8) is 0 Å². The molecule has 1 aliphatic heterocycles. The molecule has 2 rings (SSSR count). The van der Waals surface area contributed by atoms with E-state index in [1.807, 2.05) is 37.3 Å². The highest BCUT2D eigenvalue weighted by molar-refractivity contribution is 5.88. The number of hydrogen-bond acceptors (Lipinski definition) is 2. The molecule has 0 bridgehead atoms. The van der Waals surface area contributed by atoms with Crippen LogP contribution < -0.4 is 0 Å². The van der Waals surface area contributed by atoms with Crippen LogP contribution >= 0.6 is 0 Å². The van der Waals surface area contributed by atoms with Crippen molar-refractivity contribution in [3.8, 4) is 0 Å². The fourth-order valence-corrected chi connectivity index (χ4v) is 3.07. The van der Waals surface area contributed by atoms with Gasteiger partial charge in [0.1, 0.15) is 6.04 Å². The summed E-state index contributed by atoms with van der Waals surface area (Å²) in [6, 6.07) is 8.98. The van der Waals surface area contributed by atoms with Crippen molar-refractivity contribution < 1.29 is 14.7 Å². The molecule has 1 heterocycles. The second kappa shape index (κ2) is 7.25. The van der Waals surface area contributed by atoms with Crippen LogP contribution in [0.2, 0.25) is 0 Å². The van der Waals surface area contributed by atoms with Gasteiger partial charge in [-0.15, -0.1) is 0 Å². The third-order valence-electron chi connectivity index (χ3n) is 4.23. The Morgan fingerprint density at radius 1 is 1.24 bits per heavy atom. The average Bonchev–Trinajstić information content (AvgIpc) is 2.74. The lowest BCUT2D eigenvalue weighted by Gasteiger charge is -2.30. The minimum Gasteiger partial charge on any atom is -0.480 e. The Bertz CT molecular complexity index is 486. The number of hydrogen-bond donors (Lipinski definition) is 1. The molecule has 4 heteroatoms. The van der Waals surface area contributed by atoms with E-state index in [1.54, 1.807) is 4.90 Å². The number of likely N-dealkylation sites (tertiary alicyclic amines) is 1. The van der Waals surface area contributed by atoms with Crippen LogP contribution in [0, 0.1) is 0 Å². The topological polar surface area (TPSA) is 57.6 Å². The summed E-state index contributed by atoms with van der Waals surface area (Å²) in [5, 5.41) is 9.41. The molecule has 2 unspecified atom stereocenters. The standard InChI is InChI=1S/C17H23NO3/c1-2-14(13-9-5-3-6-10-13)16(19)18-12-8-4-7-11-15(18)17(20)21/h3,5-6,9-10,14-15H,2,4,7-8,11-12H2,1H3,(H,20,21). The second-order valence-electron chi connectivity index (χ2n) is 5.61. The van der Waals surface area contributed by atoms with Gasteiger partial charge in [-0.25, -0.2) is 4.79 Å². The number of carboxylic acids is 1. The van der Waals surface area contributed by atoms with E-state index in [2.05, 4.69) is 0 Å². The van der Waals surface area contributed by atoms with Crippen LogP contribution in [0.1, 0.15) is 50.5 Å². The molecule has 1 N–H and O–H groups in total. The van der Waals surface area contributed by atoms with Gasteiger partial charge in [0.05, 0.1) is 5.92 Å². The van der Waals surface area contributed by atoms with Gasteiger partial charge in [-0.3, -0.25) is 4.79 Å². The summed E-state index contributed by atoms with van der Waals surface area (Å²) in [6.45, 7) is 2.53. The lowest BCUT2D eigenvalue weighted by Crippen LogP contribution is -2.46. The maximum Gasteiger partial charge on any atom is 0.326 e. The Kier molecular flexibility index (Phi) is 5.37. The van der Waals surface area contributed by atoms with E-state index < -0.39 is 12.0 Å². The fraction of sp³-hybridized carbons (Fsp3) is 0.529. The van der Waals surface area contributed by atoms with Gasteiger partial charge < -0.3 is 10.0 Å². The third-order valence-corrected chi connectivity index (χ3v) is 4.23. The van der Waals surface area contributed by atoms with Gasteiger partial charge in [0.2, 0.25) is 5.91 Å². The van der Waals surface area contributed by atoms with Crippen LogP contribution in [0.5, 0.6) is 0 Å². The van der Waals surface area contributed by atoms with Crippen LogP contribution in [-0.2, 0) is 9.59 Å². The summed E-state index contributed by atoms with van der Waals surface area (Å²) < 4.78 is 0. The maximum absolute atomic E-state index is 12.9. The Hall–Kier alpha value is -1.84. The first kappa shape index (κ1) is 15.5. The number of rotatable bonds is 4. The molecule has 1 aromatic carbocycles. The summed E-state index contributed by atoms with van der Waals surface area (Å²) in [4.78, 5) is 25.9. The van der Waals surface area contributed by atoms with E-state index in [9.17, 15) is 14.7 Å². The second-order valence-corrected chi connectivity index (χ2v) is 5.61. The lowest BCUT2D eigenvalue weighted by molar-refractivity contribution is -0.150. The molecule has 0 spiro atoms. The average molecular weight is 289 g/mol. The molecule has 0 aliphatic carbocycles. The molecular formula is C17H23NO3. The quantitative estimate of drug-likeness (QED) is 0.927. The van der Waals surface area contributed by atoms with Gasteiger partial charge in [-0.1, -0.05) is 50.1 Å². The van der Waals surface area contributed by atoms with Crippen LogP contribution in [0.25, 0.3) is 0 Å². The molecule has 2 atom stereocenters. The molecule has 0 saturated carbocycles. The smallest absolute Gasteiger partial charge is 0.326 e. The van der Waals surface area contributed by atoms with Gasteiger partial charge in [0.25, 0.3) is 0 Å². The summed E-state index contributed by atoms with van der Waals surface area (Å²) >= 11 is 0. The summed E-state index contributed by atoms with van der Waals surface area (Å²) in [5.74, 6) is -1.17. The van der Waals surface area contributed by atoms with E-state index in [-0.39, 0.29) is 11.8 Å². The zero-order valence-corrected chi connectivity index (χ0v) is 12.5. The molecule has 4 nitrogen and oxygen atoms in total. The highest BCUT2D eigenvalue weighted by atomic mass is 16.4. The van der Waals surface area contributed by atoms with Crippen molar-refractivity contribution in [2.45, 2.75) is 51.0 Å². The number of aliphatic carboxylic acids is 1. The Labute approximate surface area is 125 Å². The van der Waals surface area contributed by atoms with Gasteiger partial charge >= 0.3 is 5.97 Å². The molecule has 0 radical (unpaired) electrons. The van der Waals surface area contributed by atoms with Gasteiger partial charge in [0.15, 0.2) is 0 Å². The molecule has 114 valence electrons. The Morgan fingerprint density at radius 3 is 2.57 bits per heavy atom. The molecule has 1 fully saturated rings. The zero-order valence-electron chi connectivity index (χ0n) is 12.5. The first-order chi connectivity index (χ1) is 10.1. The molecule has 0 aromatic heterocycles. The fourth-order valence-electron chi connectivity index (χ4n) is 3.07. The third kappa shape index (κ3) is 3.63. The molecule has 1 aromatic rings. The van der Waals surface area contributed by atoms with Crippen molar-refractivity contribution in [1.82, 2.24) is 4.90 Å². The van der Waals surface area contributed by atoms with Crippen molar-refractivity contribution in [2.24, 2.45) is 0 Å². The SMILES string of the molecule is CCC(C(=O)N1CCCCCC1C(=O)O)c1ccccc1. The number of carbonyl (C=O) groups is 2. The van der Waals surface area contributed by atoms with Gasteiger partial charge in [0, 0.05) is 6.54 Å². The van der Waals surface area contributed by atoms with E-state index in [4.69, 9.17) is 0 Å². The Balaban J connectivity index is 2.24. The predicted molar refractivity (Wildman–Crippen MR) is 81.1 cm³/mol. The zero-order chi connectivity index (χ0) is 15.2. The number of carbonyl (C=O) groups excluding carboxylic acids is 1. The van der Waals surface area contributed by atoms with Crippen molar-refractivity contribution in [1.29, 1.82) is 0 Å². The van der Waals surface area contributed by atoms with Crippen molar-refractivity contribution >= 4 is 11.9 Å². The highest BCUT2D eigenvalue weighted by Gasteiger charge is 2.34. The van der Waals surface area contributed by atoms with E-state index in [0.29, 0.717) is 19.4 Å². The van der Waals surface area contributed by atoms with Crippen LogP contribution in [0.4, 0.5) is 0 Å².